The number of rotatable bonds is 5. The molecule has 7 heteroatoms. The van der Waals surface area contributed by atoms with Crippen molar-refractivity contribution in [3.63, 3.8) is 0 Å². The second-order valence-corrected chi connectivity index (χ2v) is 8.45. The van der Waals surface area contributed by atoms with Crippen LogP contribution >= 0.6 is 24.0 Å². The lowest BCUT2D eigenvalue weighted by Crippen LogP contribution is -2.46. The largest absolute Gasteiger partial charge is 0.487 e. The number of hydrogen-bond donors (Lipinski definition) is 3. The van der Waals surface area contributed by atoms with Gasteiger partial charge in [0, 0.05) is 38.0 Å². The van der Waals surface area contributed by atoms with Gasteiger partial charge in [-0.05, 0) is 32.8 Å². The molecule has 0 bridgehead atoms. The minimum atomic E-state index is -0.245. The van der Waals surface area contributed by atoms with Gasteiger partial charge in [-0.1, -0.05) is 37.5 Å². The summed E-state index contributed by atoms with van der Waals surface area (Å²) in [7, 11) is 1.76. The topological polar surface area (TPSA) is 74.8 Å². The Hall–Kier alpha value is -1.51. The van der Waals surface area contributed by atoms with Crippen LogP contribution < -0.4 is 20.7 Å². The molecule has 3 N–H and O–H groups in total. The Balaban J connectivity index is 0.00000300. The van der Waals surface area contributed by atoms with Crippen LogP contribution in [0.4, 0.5) is 0 Å². The molecule has 0 aromatic heterocycles. The molecule has 1 fully saturated rings. The van der Waals surface area contributed by atoms with Crippen molar-refractivity contribution in [3.05, 3.63) is 29.8 Å². The molecule has 1 aliphatic heterocycles. The highest BCUT2D eigenvalue weighted by molar-refractivity contribution is 14.0. The van der Waals surface area contributed by atoms with Crippen LogP contribution in [0.5, 0.6) is 5.75 Å². The maximum atomic E-state index is 12.2. The summed E-state index contributed by atoms with van der Waals surface area (Å²) >= 11 is 0. The van der Waals surface area contributed by atoms with Crippen molar-refractivity contribution in [2.24, 2.45) is 4.99 Å². The van der Waals surface area contributed by atoms with E-state index in [0.717, 1.165) is 30.6 Å². The van der Waals surface area contributed by atoms with E-state index in [1.165, 1.54) is 19.3 Å². The van der Waals surface area contributed by atoms with E-state index in [0.29, 0.717) is 25.0 Å². The molecule has 6 nitrogen and oxygen atoms in total. The summed E-state index contributed by atoms with van der Waals surface area (Å²) in [5.41, 5.74) is 0.893. The number of hydrogen-bond acceptors (Lipinski definition) is 3. The number of benzene rings is 1. The van der Waals surface area contributed by atoms with E-state index in [-0.39, 0.29) is 41.5 Å². The highest BCUT2D eigenvalue weighted by Crippen LogP contribution is 2.39. The molecule has 1 aromatic carbocycles. The summed E-state index contributed by atoms with van der Waals surface area (Å²) in [5.74, 6) is 1.74. The Labute approximate surface area is 191 Å². The number of nitrogens with zero attached hydrogens (tertiary/aromatic N) is 1. The summed E-state index contributed by atoms with van der Waals surface area (Å²) in [6, 6.07) is 8.60. The van der Waals surface area contributed by atoms with Gasteiger partial charge in [-0.3, -0.25) is 9.79 Å². The van der Waals surface area contributed by atoms with E-state index < -0.39 is 0 Å². The SMILES string of the molecule is CN=C(NCCC(=O)NC1CCCCC1)NC1CC(C)(C)Oc2ccccc21.I. The quantitative estimate of drug-likeness (QED) is 0.317. The molecule has 1 unspecified atom stereocenters. The van der Waals surface area contributed by atoms with Gasteiger partial charge >= 0.3 is 0 Å². The smallest absolute Gasteiger partial charge is 0.221 e. The number of guanidine groups is 1. The molecular weight excluding hydrogens is 479 g/mol. The number of para-hydroxylation sites is 1. The van der Waals surface area contributed by atoms with Gasteiger partial charge < -0.3 is 20.7 Å². The van der Waals surface area contributed by atoms with E-state index in [2.05, 4.69) is 40.9 Å². The second kappa shape index (κ2) is 11.0. The monoisotopic (exact) mass is 514 g/mol. The number of halogens is 1. The number of amides is 1. The molecule has 1 heterocycles. The number of carbonyl (C=O) groups excluding carboxylic acids is 1. The fraction of sp³-hybridized carbons (Fsp3) is 0.636. The van der Waals surface area contributed by atoms with Crippen molar-refractivity contribution < 1.29 is 9.53 Å². The summed E-state index contributed by atoms with van der Waals surface area (Å²) in [6.45, 7) is 4.76. The average molecular weight is 514 g/mol. The number of nitrogens with one attached hydrogen (secondary N) is 3. The number of ether oxygens (including phenoxy) is 1. The summed E-state index contributed by atoms with van der Waals surface area (Å²) in [4.78, 5) is 16.5. The van der Waals surface area contributed by atoms with Gasteiger partial charge in [0.2, 0.25) is 5.91 Å². The van der Waals surface area contributed by atoms with Crippen molar-refractivity contribution >= 4 is 35.8 Å². The lowest BCUT2D eigenvalue weighted by atomic mass is 9.90. The lowest BCUT2D eigenvalue weighted by Gasteiger charge is -2.38. The molecule has 0 saturated heterocycles. The Morgan fingerprint density at radius 3 is 2.62 bits per heavy atom. The van der Waals surface area contributed by atoms with Crippen LogP contribution in [-0.2, 0) is 4.79 Å². The van der Waals surface area contributed by atoms with Crippen LogP contribution in [0.15, 0.2) is 29.3 Å². The predicted octanol–water partition coefficient (Wildman–Crippen LogP) is 3.91. The fourth-order valence-corrected chi connectivity index (χ4v) is 4.13. The molecule has 1 saturated carbocycles. The summed E-state index contributed by atoms with van der Waals surface area (Å²) in [5, 5.41) is 9.94. The first kappa shape index (κ1) is 23.8. The molecular formula is C22H35IN4O2. The van der Waals surface area contributed by atoms with E-state index in [1.54, 1.807) is 7.05 Å². The molecule has 1 aliphatic carbocycles. The Morgan fingerprint density at radius 2 is 1.90 bits per heavy atom. The highest BCUT2D eigenvalue weighted by atomic mass is 127. The van der Waals surface area contributed by atoms with Crippen molar-refractivity contribution in [1.29, 1.82) is 0 Å². The Morgan fingerprint density at radius 1 is 1.17 bits per heavy atom. The van der Waals surface area contributed by atoms with Crippen LogP contribution in [0.3, 0.4) is 0 Å². The molecule has 29 heavy (non-hydrogen) atoms. The third kappa shape index (κ3) is 7.04. The van der Waals surface area contributed by atoms with Gasteiger partial charge in [-0.25, -0.2) is 0 Å². The number of aliphatic imine (C=N–C) groups is 1. The zero-order valence-corrected chi connectivity index (χ0v) is 20.1. The normalized spacial score (nSPS) is 21.2. The first-order chi connectivity index (χ1) is 13.5. The van der Waals surface area contributed by atoms with Crippen LogP contribution in [-0.4, -0.2) is 37.1 Å². The predicted molar refractivity (Wildman–Crippen MR) is 128 cm³/mol. The van der Waals surface area contributed by atoms with Gasteiger partial charge in [-0.15, -0.1) is 24.0 Å². The van der Waals surface area contributed by atoms with Crippen molar-refractivity contribution in [2.75, 3.05) is 13.6 Å². The van der Waals surface area contributed by atoms with E-state index in [1.807, 2.05) is 18.2 Å². The maximum absolute atomic E-state index is 12.2. The lowest BCUT2D eigenvalue weighted by molar-refractivity contribution is -0.121. The molecule has 3 rings (SSSR count). The molecule has 1 amide bonds. The van der Waals surface area contributed by atoms with Crippen molar-refractivity contribution in [1.82, 2.24) is 16.0 Å². The van der Waals surface area contributed by atoms with Gasteiger partial charge in [0.1, 0.15) is 11.4 Å². The highest BCUT2D eigenvalue weighted by Gasteiger charge is 2.33. The second-order valence-electron chi connectivity index (χ2n) is 8.45. The molecule has 2 aliphatic rings. The molecule has 162 valence electrons. The van der Waals surface area contributed by atoms with E-state index >= 15 is 0 Å². The fourth-order valence-electron chi connectivity index (χ4n) is 4.13. The van der Waals surface area contributed by atoms with Gasteiger partial charge in [-0.2, -0.15) is 0 Å². The first-order valence-electron chi connectivity index (χ1n) is 10.5. The summed E-state index contributed by atoms with van der Waals surface area (Å²) < 4.78 is 6.10. The van der Waals surface area contributed by atoms with Crippen molar-refractivity contribution in [2.45, 2.75) is 76.5 Å². The minimum absolute atomic E-state index is 0. The third-order valence-electron chi connectivity index (χ3n) is 5.53. The molecule has 0 radical (unpaired) electrons. The standard InChI is InChI=1S/C22H34N4O2.HI/c1-22(2)15-18(17-11-7-8-12-19(17)28-22)26-21(23-3)24-14-13-20(27)25-16-9-5-4-6-10-16;/h7-8,11-12,16,18H,4-6,9-10,13-15H2,1-3H3,(H,25,27)(H2,23,24,26);1H. The van der Waals surface area contributed by atoms with Crippen LogP contribution in [0, 0.1) is 0 Å². The van der Waals surface area contributed by atoms with E-state index in [9.17, 15) is 4.79 Å². The van der Waals surface area contributed by atoms with Crippen LogP contribution in [0.1, 0.15) is 70.4 Å². The molecule has 1 atom stereocenters. The van der Waals surface area contributed by atoms with Crippen LogP contribution in [0.2, 0.25) is 0 Å². The Kier molecular flexibility index (Phi) is 9.04. The summed E-state index contributed by atoms with van der Waals surface area (Å²) in [6.07, 6.45) is 7.26. The number of carbonyl (C=O) groups is 1. The molecule has 0 spiro atoms. The maximum Gasteiger partial charge on any atom is 0.221 e. The third-order valence-corrected chi connectivity index (χ3v) is 5.53. The zero-order chi connectivity index (χ0) is 20.0. The van der Waals surface area contributed by atoms with Gasteiger partial charge in [0.15, 0.2) is 5.96 Å². The van der Waals surface area contributed by atoms with E-state index in [4.69, 9.17) is 4.74 Å². The Bertz CT molecular complexity index is 702. The zero-order valence-electron chi connectivity index (χ0n) is 17.8. The van der Waals surface area contributed by atoms with Crippen molar-refractivity contribution in [3.8, 4) is 5.75 Å². The molecule has 1 aromatic rings. The number of fused-ring (bicyclic) bond motifs is 1. The van der Waals surface area contributed by atoms with Gasteiger partial charge in [0.05, 0.1) is 6.04 Å². The average Bonchev–Trinajstić information content (AvgIpc) is 2.67. The first-order valence-corrected chi connectivity index (χ1v) is 10.5. The van der Waals surface area contributed by atoms with Gasteiger partial charge in [0.25, 0.3) is 0 Å². The van der Waals surface area contributed by atoms with Crippen LogP contribution in [0.25, 0.3) is 0 Å². The minimum Gasteiger partial charge on any atom is -0.487 e.